The molecule has 2 aromatic carbocycles. The van der Waals surface area contributed by atoms with E-state index in [9.17, 15) is 78.3 Å². The van der Waals surface area contributed by atoms with Crippen molar-refractivity contribution in [3.63, 3.8) is 0 Å². The Hall–Kier alpha value is -8.78. The standard InChI is InChI=1S/C97H157N9O34/c1-14-65(6)85(78(125-12)60-83(113)105-33-20-24-73(105)90(126-13)67(8)75(107)57-66(7)86(114)69-21-16-15-17-22-69)103(9)94(120)70(63(2)3)59-76(108)84(64(4)5)104(10)97(123)138-62-68-25-26-77(139-96-89(117)87(115)88(116)91(140-96)95(121)122)72(58-68)101-80(110)29-32-100-92(118)71(102-93(119)74(61-98)106-81(111)27-28-82(106)112)23-18-19-31-99-79(109)30-34-127-37-38-129-41-42-131-45-46-133-49-50-135-53-54-137-56-55-136-52-51-134-48-47-132-44-43-130-40-39-128-36-35-124-11/h15-17,21-22,25-28,58,63-67,70-71,73-74,78,84-91,96,114-117H,14,18-20,23-24,29-57,59-62,98H2,1-13H3,(H,99,109)(H,100,118)(H,101,110)(H,102,119)(H,121,122)/t65-,66-,67-,70-,71-,73-,74+,78+,84-,85-,86+,87-,88?,89+,90+,91-,96+/m0/s1. The molecule has 3 heterocycles. The molecule has 0 saturated carbocycles. The molecule has 9 amide bonds. The van der Waals surface area contributed by atoms with Gasteiger partial charge in [-0.1, -0.05) is 98.2 Å². The van der Waals surface area contributed by atoms with Crippen LogP contribution >= 0.6 is 0 Å². The Kier molecular flexibility index (Phi) is 59.5. The summed E-state index contributed by atoms with van der Waals surface area (Å²) in [5.74, 6) is -10.9. The number of carboxylic acids is 1. The zero-order chi connectivity index (χ0) is 103. The van der Waals surface area contributed by atoms with Gasteiger partial charge in [0.15, 0.2) is 11.9 Å². The van der Waals surface area contributed by atoms with E-state index in [1.807, 2.05) is 51.1 Å². The number of likely N-dealkylation sites (N-methyl/N-ethyl adjacent to an activating group) is 2. The van der Waals surface area contributed by atoms with Gasteiger partial charge < -0.3 is 148 Å². The van der Waals surface area contributed by atoms with Crippen LogP contribution in [0.1, 0.15) is 143 Å². The van der Waals surface area contributed by atoms with Crippen molar-refractivity contribution in [1.29, 1.82) is 0 Å². The van der Waals surface area contributed by atoms with Crippen LogP contribution in [0.15, 0.2) is 60.7 Å². The van der Waals surface area contributed by atoms with Crippen LogP contribution in [0.4, 0.5) is 10.5 Å². The highest BCUT2D eigenvalue weighted by Crippen LogP contribution is 2.36. The Bertz CT molecular complexity index is 4010. The Labute approximate surface area is 821 Å². The highest BCUT2D eigenvalue weighted by atomic mass is 16.7. The molecule has 794 valence electrons. The molecule has 3 aliphatic heterocycles. The van der Waals surface area contributed by atoms with Gasteiger partial charge in [0.2, 0.25) is 41.7 Å². The second-order valence-electron chi connectivity index (χ2n) is 35.3. The zero-order valence-electron chi connectivity index (χ0n) is 83.8. The first-order chi connectivity index (χ1) is 67.2. The molecule has 43 heteroatoms. The quantitative estimate of drug-likeness (QED) is 0.0336. The number of ether oxygens (including phenoxy) is 17. The predicted octanol–water partition coefficient (Wildman–Crippen LogP) is 2.72. The maximum absolute atomic E-state index is 15.1. The van der Waals surface area contributed by atoms with Crippen molar-refractivity contribution in [1.82, 2.24) is 35.6 Å². The first-order valence-electron chi connectivity index (χ1n) is 48.4. The molecule has 17 atom stereocenters. The van der Waals surface area contributed by atoms with Crippen LogP contribution in [-0.2, 0) is 135 Å². The minimum absolute atomic E-state index is 0.0192. The Balaban J connectivity index is 1.10. The number of Topliss-reactive ketones (excluding diaryl/α,β-unsaturated/α-hetero) is 2. The maximum atomic E-state index is 15.1. The molecule has 1 unspecified atom stereocenters. The fourth-order valence-corrected chi connectivity index (χ4v) is 16.3. The van der Waals surface area contributed by atoms with Gasteiger partial charge in [-0.05, 0) is 79.0 Å². The van der Waals surface area contributed by atoms with E-state index < -0.39 is 188 Å². The van der Waals surface area contributed by atoms with E-state index >= 15 is 4.79 Å². The second kappa shape index (κ2) is 68.5. The van der Waals surface area contributed by atoms with Crippen molar-refractivity contribution in [2.24, 2.45) is 41.2 Å². The summed E-state index contributed by atoms with van der Waals surface area (Å²) in [5, 5.41) is 63.6. The average molecular weight is 1990 g/mol. The Morgan fingerprint density at radius 3 is 1.61 bits per heavy atom. The SMILES string of the molecule is CC[C@H](C)[C@@H]([C@@H](CC(=O)N1CCC[C@H]1[C@H](OC)[C@@H](C)C(=O)C[C@H](C)[C@@H](O)c1ccccc1)OC)N(C)C(=O)[C@@H](CC(=O)[C@H](C(C)C)N(C)C(=O)OCc1ccc(O[C@@H]2O[C@H](C(=O)O)C(O)[C@H](O)[C@H]2O)c(NC(=O)CCNC(=O)[C@H](CCCCNC(=O)CCOCCOCCOCCOCCOCCOCCOCCOCCOCCOCCOCCOC)NC(=O)[C@@H](CN)N2C(=O)C=CC2=O)c1)C(C)C. The smallest absolute Gasteiger partial charge is 0.410 e. The molecule has 2 fully saturated rings. The molecule has 0 spiro atoms. The number of aliphatic hydroxyl groups excluding tert-OH is 4. The Morgan fingerprint density at radius 1 is 0.579 bits per heavy atom. The number of nitrogens with one attached hydrogen (secondary N) is 4. The van der Waals surface area contributed by atoms with Gasteiger partial charge in [0.05, 0.1) is 201 Å². The number of carboxylic acid groups (broad SMARTS) is 1. The molecule has 5 rings (SSSR count). The number of methoxy groups -OCH3 is 3. The molecule has 2 aromatic rings. The summed E-state index contributed by atoms with van der Waals surface area (Å²) in [5.41, 5.74) is 6.56. The maximum Gasteiger partial charge on any atom is 0.410 e. The number of likely N-dealkylation sites (tertiary alicyclic amines) is 1. The number of ketones is 2. The van der Waals surface area contributed by atoms with Gasteiger partial charge in [0, 0.05) is 111 Å². The van der Waals surface area contributed by atoms with Gasteiger partial charge in [-0.2, -0.15) is 0 Å². The van der Waals surface area contributed by atoms with Crippen LogP contribution in [0.2, 0.25) is 0 Å². The third kappa shape index (κ3) is 42.6. The molecule has 0 bridgehead atoms. The molecular formula is C97H157N9O34. The molecule has 0 aromatic heterocycles. The number of aliphatic carboxylic acids is 1. The van der Waals surface area contributed by atoms with Crippen LogP contribution in [0.25, 0.3) is 0 Å². The minimum Gasteiger partial charge on any atom is -0.479 e. The number of carbonyl (C=O) groups excluding carboxylic acids is 11. The van der Waals surface area contributed by atoms with E-state index in [1.54, 1.807) is 58.6 Å². The van der Waals surface area contributed by atoms with E-state index in [4.69, 9.17) is 86.3 Å². The number of hydrogen-bond donors (Lipinski definition) is 10. The lowest BCUT2D eigenvalue weighted by molar-refractivity contribution is -0.271. The number of hydrogen-bond acceptors (Lipinski definition) is 34. The van der Waals surface area contributed by atoms with Crippen LogP contribution in [0, 0.1) is 35.5 Å². The normalized spacial score (nSPS) is 18.9. The molecule has 43 nitrogen and oxygen atoms in total. The number of unbranched alkanes of at least 4 members (excludes halogenated alkanes) is 1. The summed E-state index contributed by atoms with van der Waals surface area (Å²) < 4.78 is 94.6. The third-order valence-corrected chi connectivity index (χ3v) is 24.3. The van der Waals surface area contributed by atoms with Crippen molar-refractivity contribution in [3.05, 3.63) is 71.8 Å². The third-order valence-electron chi connectivity index (χ3n) is 24.3. The molecular weight excluding hydrogens is 1840 g/mol. The molecule has 140 heavy (non-hydrogen) atoms. The fourth-order valence-electron chi connectivity index (χ4n) is 16.3. The van der Waals surface area contributed by atoms with E-state index in [-0.39, 0.29) is 105 Å². The summed E-state index contributed by atoms with van der Waals surface area (Å²) >= 11 is 0. The van der Waals surface area contributed by atoms with Gasteiger partial charge in [0.25, 0.3) is 11.8 Å². The van der Waals surface area contributed by atoms with E-state index in [0.717, 1.165) is 17.1 Å². The number of aliphatic hydroxyl groups is 4. The van der Waals surface area contributed by atoms with Crippen molar-refractivity contribution in [2.75, 3.05) is 219 Å². The van der Waals surface area contributed by atoms with Gasteiger partial charge in [0.1, 0.15) is 48.5 Å². The number of nitrogens with two attached hydrogens (primary N) is 1. The number of amides is 9. The fraction of sp³-hybridized carbons (Fsp3) is 0.732. The van der Waals surface area contributed by atoms with E-state index in [0.29, 0.717) is 175 Å². The summed E-state index contributed by atoms with van der Waals surface area (Å²) in [6.45, 7) is 22.9. The number of rotatable bonds is 77. The molecule has 3 aliphatic rings. The number of imide groups is 1. The molecule has 0 aliphatic carbocycles. The van der Waals surface area contributed by atoms with Crippen LogP contribution < -0.4 is 31.7 Å². The topological polar surface area (TPSA) is 550 Å². The summed E-state index contributed by atoms with van der Waals surface area (Å²) in [4.78, 5) is 170. The monoisotopic (exact) mass is 1990 g/mol. The highest BCUT2D eigenvalue weighted by Gasteiger charge is 2.50. The van der Waals surface area contributed by atoms with Crippen molar-refractivity contribution in [3.8, 4) is 5.75 Å². The van der Waals surface area contributed by atoms with Crippen molar-refractivity contribution < 1.29 is 164 Å². The zero-order valence-corrected chi connectivity index (χ0v) is 83.8. The number of anilines is 1. The second-order valence-corrected chi connectivity index (χ2v) is 35.3. The molecule has 0 radical (unpaired) electrons. The van der Waals surface area contributed by atoms with E-state index in [1.165, 1.54) is 39.5 Å². The average Bonchev–Trinajstić information content (AvgIpc) is 1.05. The first kappa shape index (κ1) is 122. The summed E-state index contributed by atoms with van der Waals surface area (Å²) in [6, 6.07) is 7.84. The van der Waals surface area contributed by atoms with Gasteiger partial charge >= 0.3 is 12.1 Å². The minimum atomic E-state index is -2.10. The number of carbonyl (C=O) groups is 12. The molecule has 11 N–H and O–H groups in total. The van der Waals surface area contributed by atoms with Crippen molar-refractivity contribution in [2.45, 2.75) is 212 Å². The summed E-state index contributed by atoms with van der Waals surface area (Å²) in [6.07, 6.45) is -10.3. The van der Waals surface area contributed by atoms with E-state index in [2.05, 4.69) is 21.3 Å². The number of nitrogens with zero attached hydrogens (tertiary/aromatic N) is 4. The lowest BCUT2D eigenvalue weighted by Crippen LogP contribution is -2.61. The van der Waals surface area contributed by atoms with Crippen LogP contribution in [-0.4, -0.2) is 403 Å². The van der Waals surface area contributed by atoms with Gasteiger partial charge in [-0.25, -0.2) is 9.59 Å². The summed E-state index contributed by atoms with van der Waals surface area (Å²) in [7, 11) is 7.61. The van der Waals surface area contributed by atoms with Crippen LogP contribution in [0.3, 0.4) is 0 Å². The Morgan fingerprint density at radius 2 is 1.11 bits per heavy atom. The largest absolute Gasteiger partial charge is 0.479 e. The van der Waals surface area contributed by atoms with Gasteiger partial charge in [-0.15, -0.1) is 0 Å². The first-order valence-corrected chi connectivity index (χ1v) is 48.4. The highest BCUT2D eigenvalue weighted by molar-refractivity contribution is 6.15. The molecule has 2 saturated heterocycles. The van der Waals surface area contributed by atoms with Crippen LogP contribution in [0.5, 0.6) is 5.75 Å². The lowest BCUT2D eigenvalue weighted by atomic mass is 9.83. The lowest BCUT2D eigenvalue weighted by Gasteiger charge is -2.41. The number of benzene rings is 2. The van der Waals surface area contributed by atoms with Gasteiger partial charge in [-0.3, -0.25) is 52.8 Å². The predicted molar refractivity (Wildman–Crippen MR) is 507 cm³/mol. The van der Waals surface area contributed by atoms with Crippen molar-refractivity contribution >= 4 is 76.6 Å².